The Labute approximate surface area is 164 Å². The van der Waals surface area contributed by atoms with E-state index in [1.807, 2.05) is 6.92 Å². The second-order valence-electron chi connectivity index (χ2n) is 7.29. The van der Waals surface area contributed by atoms with Gasteiger partial charge in [-0.05, 0) is 31.4 Å². The maximum Gasteiger partial charge on any atom is 0.309 e. The standard InChI is InChI=1S/C19H24N2O6S/c1-13-11-17(13)19(24)27-12-18(23)20-7-9-21(10-8-20)28(25,26)16-5-3-15(4-6-16)14(2)22/h3-6,13,17H,7-12H2,1-2H3/t13-,17-/m0/s1. The van der Waals surface area contributed by atoms with Gasteiger partial charge in [-0.1, -0.05) is 19.1 Å². The van der Waals surface area contributed by atoms with Crippen LogP contribution in [0.5, 0.6) is 0 Å². The molecule has 0 spiro atoms. The van der Waals surface area contributed by atoms with Crippen LogP contribution in [0.15, 0.2) is 29.2 Å². The summed E-state index contributed by atoms with van der Waals surface area (Å²) in [6.07, 6.45) is 0.803. The summed E-state index contributed by atoms with van der Waals surface area (Å²) in [5, 5.41) is 0. The van der Waals surface area contributed by atoms with Crippen LogP contribution in [0.4, 0.5) is 0 Å². The minimum absolute atomic E-state index is 0.0934. The highest BCUT2D eigenvalue weighted by Gasteiger charge is 2.41. The zero-order chi connectivity index (χ0) is 20.5. The second-order valence-corrected chi connectivity index (χ2v) is 9.23. The monoisotopic (exact) mass is 408 g/mol. The molecule has 0 unspecified atom stereocenters. The van der Waals surface area contributed by atoms with Crippen molar-refractivity contribution >= 4 is 27.7 Å². The number of piperazine rings is 1. The Morgan fingerprint density at radius 1 is 1.07 bits per heavy atom. The van der Waals surface area contributed by atoms with E-state index < -0.39 is 10.0 Å². The number of ketones is 1. The Hall–Kier alpha value is -2.26. The van der Waals surface area contributed by atoms with Gasteiger partial charge in [0.15, 0.2) is 12.4 Å². The van der Waals surface area contributed by atoms with E-state index in [0.29, 0.717) is 11.5 Å². The molecule has 3 rings (SSSR count). The third-order valence-electron chi connectivity index (χ3n) is 5.24. The van der Waals surface area contributed by atoms with E-state index >= 15 is 0 Å². The highest BCUT2D eigenvalue weighted by atomic mass is 32.2. The molecular weight excluding hydrogens is 384 g/mol. The lowest BCUT2D eigenvalue weighted by atomic mass is 10.2. The van der Waals surface area contributed by atoms with Crippen LogP contribution in [0.3, 0.4) is 0 Å². The SMILES string of the molecule is CC(=O)c1ccc(S(=O)(=O)N2CCN(C(=O)COC(=O)[C@H]3C[C@@H]3C)CC2)cc1. The van der Waals surface area contributed by atoms with Crippen molar-refractivity contribution in [1.29, 1.82) is 0 Å². The van der Waals surface area contributed by atoms with Crippen molar-refractivity contribution in [3.8, 4) is 0 Å². The van der Waals surface area contributed by atoms with Crippen LogP contribution in [0.2, 0.25) is 0 Å². The first-order chi connectivity index (χ1) is 13.2. The average Bonchev–Trinajstić information content (AvgIpc) is 3.42. The normalized spacial score (nSPS) is 22.6. The number of benzene rings is 1. The van der Waals surface area contributed by atoms with Gasteiger partial charge in [-0.25, -0.2) is 8.42 Å². The summed E-state index contributed by atoms with van der Waals surface area (Å²) in [5.41, 5.74) is 0.449. The number of rotatable bonds is 6. The lowest BCUT2D eigenvalue weighted by molar-refractivity contribution is -0.153. The lowest BCUT2D eigenvalue weighted by Gasteiger charge is -2.33. The van der Waals surface area contributed by atoms with Crippen molar-refractivity contribution in [3.63, 3.8) is 0 Å². The van der Waals surface area contributed by atoms with E-state index in [9.17, 15) is 22.8 Å². The van der Waals surface area contributed by atoms with Crippen LogP contribution in [-0.2, 0) is 24.3 Å². The maximum absolute atomic E-state index is 12.7. The molecule has 1 amide bonds. The van der Waals surface area contributed by atoms with Gasteiger partial charge in [0.1, 0.15) is 0 Å². The highest BCUT2D eigenvalue weighted by molar-refractivity contribution is 7.89. The number of sulfonamides is 1. The number of carbonyl (C=O) groups is 3. The third kappa shape index (κ3) is 4.41. The molecule has 1 heterocycles. The molecule has 1 aromatic rings. The zero-order valence-corrected chi connectivity index (χ0v) is 16.8. The van der Waals surface area contributed by atoms with Gasteiger partial charge in [-0.15, -0.1) is 0 Å². The minimum Gasteiger partial charge on any atom is -0.455 e. The molecule has 0 radical (unpaired) electrons. The number of esters is 1. The fourth-order valence-corrected chi connectivity index (χ4v) is 4.59. The van der Waals surface area contributed by atoms with E-state index in [1.165, 1.54) is 40.4 Å². The molecule has 1 aliphatic heterocycles. The Morgan fingerprint density at radius 2 is 1.64 bits per heavy atom. The quantitative estimate of drug-likeness (QED) is 0.513. The molecule has 0 bridgehead atoms. The van der Waals surface area contributed by atoms with Crippen molar-refractivity contribution in [3.05, 3.63) is 29.8 Å². The lowest BCUT2D eigenvalue weighted by Crippen LogP contribution is -2.51. The average molecular weight is 408 g/mol. The Kier molecular flexibility index (Phi) is 5.85. The van der Waals surface area contributed by atoms with Gasteiger partial charge in [0.05, 0.1) is 10.8 Å². The van der Waals surface area contributed by atoms with Gasteiger partial charge in [-0.2, -0.15) is 4.31 Å². The van der Waals surface area contributed by atoms with Gasteiger partial charge in [0.25, 0.3) is 5.91 Å². The van der Waals surface area contributed by atoms with E-state index in [0.717, 1.165) is 6.42 Å². The van der Waals surface area contributed by atoms with E-state index in [4.69, 9.17) is 4.74 Å². The third-order valence-corrected chi connectivity index (χ3v) is 7.15. The van der Waals surface area contributed by atoms with Crippen LogP contribution in [0.1, 0.15) is 30.6 Å². The van der Waals surface area contributed by atoms with Gasteiger partial charge < -0.3 is 9.64 Å². The number of hydrogen-bond donors (Lipinski definition) is 0. The molecule has 2 atom stereocenters. The highest BCUT2D eigenvalue weighted by Crippen LogP contribution is 2.38. The molecule has 1 saturated heterocycles. The molecule has 28 heavy (non-hydrogen) atoms. The number of ether oxygens (including phenoxy) is 1. The fourth-order valence-electron chi connectivity index (χ4n) is 3.17. The number of amides is 1. The van der Waals surface area contributed by atoms with Crippen molar-refractivity contribution in [1.82, 2.24) is 9.21 Å². The second kappa shape index (κ2) is 8.00. The minimum atomic E-state index is -3.69. The summed E-state index contributed by atoms with van der Waals surface area (Å²) in [4.78, 5) is 36.9. The van der Waals surface area contributed by atoms with Crippen LogP contribution in [0, 0.1) is 11.8 Å². The first-order valence-electron chi connectivity index (χ1n) is 9.25. The zero-order valence-electron chi connectivity index (χ0n) is 16.0. The molecule has 1 saturated carbocycles. The summed E-state index contributed by atoms with van der Waals surface area (Å²) in [6, 6.07) is 5.82. The van der Waals surface area contributed by atoms with E-state index in [2.05, 4.69) is 0 Å². The Balaban J connectivity index is 1.53. The van der Waals surface area contributed by atoms with Gasteiger partial charge >= 0.3 is 5.97 Å². The predicted octanol–water partition coefficient (Wildman–Crippen LogP) is 0.921. The van der Waals surface area contributed by atoms with Crippen LogP contribution >= 0.6 is 0 Å². The van der Waals surface area contributed by atoms with Crippen molar-refractivity contribution in [2.45, 2.75) is 25.2 Å². The topological polar surface area (TPSA) is 101 Å². The summed E-state index contributed by atoms with van der Waals surface area (Å²) < 4.78 is 31.9. The Bertz CT molecular complexity index is 872. The molecule has 2 fully saturated rings. The molecule has 152 valence electrons. The maximum atomic E-state index is 12.7. The van der Waals surface area contributed by atoms with Gasteiger partial charge in [0, 0.05) is 31.7 Å². The summed E-state index contributed by atoms with van der Waals surface area (Å²) >= 11 is 0. The molecule has 1 aliphatic carbocycles. The number of Topliss-reactive ketones (excluding diaryl/α,β-unsaturated/α-hetero) is 1. The molecule has 2 aliphatic rings. The van der Waals surface area contributed by atoms with E-state index in [1.54, 1.807) is 0 Å². The first kappa shape index (κ1) is 20.5. The van der Waals surface area contributed by atoms with Crippen molar-refractivity contribution in [2.24, 2.45) is 11.8 Å². The molecule has 9 heteroatoms. The van der Waals surface area contributed by atoms with E-state index in [-0.39, 0.29) is 61.3 Å². The fraction of sp³-hybridized carbons (Fsp3) is 0.526. The van der Waals surface area contributed by atoms with Crippen LogP contribution < -0.4 is 0 Å². The smallest absolute Gasteiger partial charge is 0.309 e. The van der Waals surface area contributed by atoms with Crippen molar-refractivity contribution < 1.29 is 27.5 Å². The molecule has 1 aromatic carbocycles. The van der Waals surface area contributed by atoms with Crippen LogP contribution in [-0.4, -0.2) is 68.1 Å². The van der Waals surface area contributed by atoms with Gasteiger partial charge in [-0.3, -0.25) is 14.4 Å². The largest absolute Gasteiger partial charge is 0.455 e. The first-order valence-corrected chi connectivity index (χ1v) is 10.7. The molecule has 0 aromatic heterocycles. The molecule has 8 nitrogen and oxygen atoms in total. The number of carbonyl (C=O) groups excluding carboxylic acids is 3. The summed E-state index contributed by atoms with van der Waals surface area (Å²) in [7, 11) is -3.69. The molecular formula is C19H24N2O6S. The molecule has 0 N–H and O–H groups in total. The Morgan fingerprint density at radius 3 is 2.14 bits per heavy atom. The van der Waals surface area contributed by atoms with Gasteiger partial charge in [0.2, 0.25) is 10.0 Å². The number of hydrogen-bond acceptors (Lipinski definition) is 6. The predicted molar refractivity (Wildman–Crippen MR) is 100 cm³/mol. The summed E-state index contributed by atoms with van der Waals surface area (Å²) in [5.74, 6) is -0.557. The number of nitrogens with zero attached hydrogens (tertiary/aromatic N) is 2. The summed E-state index contributed by atoms with van der Waals surface area (Å²) in [6.45, 7) is 3.87. The van der Waals surface area contributed by atoms with Crippen molar-refractivity contribution in [2.75, 3.05) is 32.8 Å². The van der Waals surface area contributed by atoms with Crippen LogP contribution in [0.25, 0.3) is 0 Å².